The summed E-state index contributed by atoms with van der Waals surface area (Å²) in [5.41, 5.74) is 0.758. The largest absolute Gasteiger partial charge is 0.496 e. The second-order valence-electron chi connectivity index (χ2n) is 4.17. The Morgan fingerprint density at radius 2 is 2.20 bits per heavy atom. The van der Waals surface area contributed by atoms with Gasteiger partial charge >= 0.3 is 0 Å². The monoisotopic (exact) mass is 301 g/mol. The maximum Gasteiger partial charge on any atom is 0.224 e. The molecule has 112 valence electrons. The second kappa shape index (κ2) is 9.58. The van der Waals surface area contributed by atoms with Crippen LogP contribution in [0.15, 0.2) is 18.2 Å². The zero-order valence-corrected chi connectivity index (χ0v) is 12.3. The van der Waals surface area contributed by atoms with E-state index in [0.717, 1.165) is 5.56 Å². The summed E-state index contributed by atoms with van der Waals surface area (Å²) in [4.78, 5) is 11.8. The van der Waals surface area contributed by atoms with E-state index in [4.69, 9.17) is 26.2 Å². The number of nitrogens with one attached hydrogen (secondary N) is 1. The lowest BCUT2D eigenvalue weighted by molar-refractivity contribution is -0.120. The van der Waals surface area contributed by atoms with Gasteiger partial charge in [-0.1, -0.05) is 11.6 Å². The molecule has 0 spiro atoms. The molecule has 0 fully saturated rings. The molecule has 0 aliphatic carbocycles. The van der Waals surface area contributed by atoms with Crippen molar-refractivity contribution in [2.75, 3.05) is 33.5 Å². The van der Waals surface area contributed by atoms with Crippen molar-refractivity contribution >= 4 is 17.5 Å². The van der Waals surface area contributed by atoms with Crippen molar-refractivity contribution in [3.05, 3.63) is 28.8 Å². The molecular weight excluding hydrogens is 282 g/mol. The molecule has 1 aromatic rings. The highest BCUT2D eigenvalue weighted by molar-refractivity contribution is 6.30. The first-order valence-corrected chi connectivity index (χ1v) is 6.83. The van der Waals surface area contributed by atoms with Crippen LogP contribution in [-0.4, -0.2) is 44.5 Å². The van der Waals surface area contributed by atoms with Gasteiger partial charge in [0, 0.05) is 23.7 Å². The van der Waals surface area contributed by atoms with Crippen LogP contribution < -0.4 is 10.1 Å². The number of carbonyl (C=O) groups excluding carboxylic acids is 1. The molecular formula is C14H20ClNO4. The Balaban J connectivity index is 2.33. The SMILES string of the molecule is COc1ccc(Cl)cc1CC(=O)NCCCOCCO. The van der Waals surface area contributed by atoms with Crippen molar-refractivity contribution in [3.8, 4) is 5.75 Å². The molecule has 0 saturated heterocycles. The van der Waals surface area contributed by atoms with E-state index in [1.807, 2.05) is 0 Å². The third-order valence-corrected chi connectivity index (χ3v) is 2.85. The topological polar surface area (TPSA) is 67.8 Å². The van der Waals surface area contributed by atoms with Crippen LogP contribution in [0.25, 0.3) is 0 Å². The van der Waals surface area contributed by atoms with Crippen molar-refractivity contribution in [1.82, 2.24) is 5.32 Å². The Labute approximate surface area is 123 Å². The number of ether oxygens (including phenoxy) is 2. The third kappa shape index (κ3) is 6.23. The van der Waals surface area contributed by atoms with Crippen LogP contribution in [0.2, 0.25) is 5.02 Å². The number of benzene rings is 1. The lowest BCUT2D eigenvalue weighted by Gasteiger charge is -2.09. The van der Waals surface area contributed by atoms with Gasteiger partial charge in [-0.3, -0.25) is 4.79 Å². The summed E-state index contributed by atoms with van der Waals surface area (Å²) >= 11 is 5.91. The van der Waals surface area contributed by atoms with Crippen LogP contribution in [-0.2, 0) is 16.0 Å². The predicted molar refractivity (Wildman–Crippen MR) is 77.2 cm³/mol. The van der Waals surface area contributed by atoms with Gasteiger partial charge in [-0.2, -0.15) is 0 Å². The molecule has 0 radical (unpaired) electrons. The van der Waals surface area contributed by atoms with Crippen LogP contribution in [0, 0.1) is 0 Å². The fourth-order valence-electron chi connectivity index (χ4n) is 1.69. The summed E-state index contributed by atoms with van der Waals surface area (Å²) in [6.07, 6.45) is 0.930. The first kappa shape index (κ1) is 16.8. The van der Waals surface area contributed by atoms with Crippen LogP contribution in [0.4, 0.5) is 0 Å². The van der Waals surface area contributed by atoms with E-state index in [9.17, 15) is 4.79 Å². The highest BCUT2D eigenvalue weighted by Gasteiger charge is 2.09. The van der Waals surface area contributed by atoms with Crippen LogP contribution in [0.3, 0.4) is 0 Å². The van der Waals surface area contributed by atoms with Crippen molar-refractivity contribution in [2.24, 2.45) is 0 Å². The molecule has 0 atom stereocenters. The minimum Gasteiger partial charge on any atom is -0.496 e. The summed E-state index contributed by atoms with van der Waals surface area (Å²) in [7, 11) is 1.56. The number of amides is 1. The molecule has 2 N–H and O–H groups in total. The highest BCUT2D eigenvalue weighted by atomic mass is 35.5. The van der Waals surface area contributed by atoms with Gasteiger partial charge in [-0.15, -0.1) is 0 Å². The van der Waals surface area contributed by atoms with Crippen LogP contribution >= 0.6 is 11.6 Å². The molecule has 6 heteroatoms. The number of hydrogen-bond donors (Lipinski definition) is 2. The van der Waals surface area contributed by atoms with Crippen molar-refractivity contribution < 1.29 is 19.4 Å². The van der Waals surface area contributed by atoms with Gasteiger partial charge in [0.25, 0.3) is 0 Å². The zero-order valence-electron chi connectivity index (χ0n) is 11.5. The molecule has 1 amide bonds. The Morgan fingerprint density at radius 1 is 1.40 bits per heavy atom. The first-order valence-electron chi connectivity index (χ1n) is 6.45. The van der Waals surface area contributed by atoms with E-state index in [2.05, 4.69) is 5.32 Å². The number of aliphatic hydroxyl groups is 1. The van der Waals surface area contributed by atoms with Crippen LogP contribution in [0.1, 0.15) is 12.0 Å². The summed E-state index contributed by atoms with van der Waals surface area (Å²) in [5, 5.41) is 11.9. The molecule has 0 aliphatic rings. The molecule has 0 aromatic heterocycles. The molecule has 5 nitrogen and oxygen atoms in total. The number of carbonyl (C=O) groups is 1. The van der Waals surface area contributed by atoms with Crippen LogP contribution in [0.5, 0.6) is 5.75 Å². The van der Waals surface area contributed by atoms with Gasteiger partial charge in [0.15, 0.2) is 0 Å². The lowest BCUT2D eigenvalue weighted by Crippen LogP contribution is -2.27. The van der Waals surface area contributed by atoms with Gasteiger partial charge in [-0.05, 0) is 24.6 Å². The average Bonchev–Trinajstić information content (AvgIpc) is 2.43. The smallest absolute Gasteiger partial charge is 0.224 e. The molecule has 0 bridgehead atoms. The fourth-order valence-corrected chi connectivity index (χ4v) is 1.88. The normalized spacial score (nSPS) is 10.3. The average molecular weight is 302 g/mol. The highest BCUT2D eigenvalue weighted by Crippen LogP contribution is 2.22. The quantitative estimate of drug-likeness (QED) is 0.677. The number of methoxy groups -OCH3 is 1. The minimum absolute atomic E-state index is 0.0148. The summed E-state index contributed by atoms with van der Waals surface area (Å²) in [6, 6.07) is 5.19. The Kier molecular flexibility index (Phi) is 8.02. The number of halogens is 1. The maximum atomic E-state index is 11.8. The van der Waals surface area contributed by atoms with Gasteiger partial charge in [0.2, 0.25) is 5.91 Å². The van der Waals surface area contributed by atoms with Gasteiger partial charge in [0.05, 0.1) is 26.7 Å². The first-order chi connectivity index (χ1) is 9.67. The molecule has 0 aliphatic heterocycles. The van der Waals surface area contributed by atoms with E-state index in [0.29, 0.717) is 37.0 Å². The predicted octanol–water partition coefficient (Wildman–Crippen LogP) is 1.41. The van der Waals surface area contributed by atoms with Gasteiger partial charge < -0.3 is 19.9 Å². The fraction of sp³-hybridized carbons (Fsp3) is 0.500. The number of aliphatic hydroxyl groups excluding tert-OH is 1. The minimum atomic E-state index is -0.0901. The maximum absolute atomic E-state index is 11.8. The van der Waals surface area contributed by atoms with E-state index in [1.165, 1.54) is 0 Å². The zero-order chi connectivity index (χ0) is 14.8. The number of hydrogen-bond acceptors (Lipinski definition) is 4. The van der Waals surface area contributed by atoms with E-state index >= 15 is 0 Å². The summed E-state index contributed by atoms with van der Waals surface area (Å²) in [6.45, 7) is 1.39. The molecule has 0 unspecified atom stereocenters. The molecule has 1 aromatic carbocycles. The third-order valence-electron chi connectivity index (χ3n) is 2.62. The molecule has 0 heterocycles. The van der Waals surface area contributed by atoms with Crippen molar-refractivity contribution in [2.45, 2.75) is 12.8 Å². The lowest BCUT2D eigenvalue weighted by atomic mass is 10.1. The van der Waals surface area contributed by atoms with Gasteiger partial charge in [0.1, 0.15) is 5.75 Å². The van der Waals surface area contributed by atoms with E-state index < -0.39 is 0 Å². The van der Waals surface area contributed by atoms with E-state index in [-0.39, 0.29) is 18.9 Å². The number of rotatable bonds is 9. The summed E-state index contributed by atoms with van der Waals surface area (Å²) in [5.74, 6) is 0.559. The van der Waals surface area contributed by atoms with Gasteiger partial charge in [-0.25, -0.2) is 0 Å². The Hall–Kier alpha value is -1.30. The van der Waals surface area contributed by atoms with Crippen molar-refractivity contribution in [3.63, 3.8) is 0 Å². The van der Waals surface area contributed by atoms with E-state index in [1.54, 1.807) is 25.3 Å². The molecule has 20 heavy (non-hydrogen) atoms. The standard InChI is InChI=1S/C14H20ClNO4/c1-19-13-4-3-12(15)9-11(13)10-14(18)16-5-2-7-20-8-6-17/h3-4,9,17H,2,5-8,10H2,1H3,(H,16,18). The second-order valence-corrected chi connectivity index (χ2v) is 4.61. The van der Waals surface area contributed by atoms with Crippen molar-refractivity contribution in [1.29, 1.82) is 0 Å². The molecule has 0 saturated carbocycles. The Morgan fingerprint density at radius 3 is 2.90 bits per heavy atom. The Bertz CT molecular complexity index is 426. The summed E-state index contributed by atoms with van der Waals surface area (Å²) < 4.78 is 10.3. The molecule has 1 rings (SSSR count).